The van der Waals surface area contributed by atoms with E-state index in [1.807, 2.05) is 6.92 Å². The van der Waals surface area contributed by atoms with Crippen molar-refractivity contribution in [3.05, 3.63) is 23.9 Å². The molecule has 0 aliphatic rings. The molecule has 1 atom stereocenters. The number of aliphatic hydroxyl groups excluding tert-OH is 1. The van der Waals surface area contributed by atoms with Gasteiger partial charge in [0.05, 0.1) is 17.3 Å². The van der Waals surface area contributed by atoms with Crippen molar-refractivity contribution in [3.8, 4) is 0 Å². The lowest BCUT2D eigenvalue weighted by Crippen LogP contribution is -2.11. The summed E-state index contributed by atoms with van der Waals surface area (Å²) in [5, 5.41) is 25.1. The Bertz CT molecular complexity index is 331. The zero-order valence-corrected chi connectivity index (χ0v) is 11.2. The molecule has 0 amide bonds. The average molecular weight is 259 g/mol. The SMILES string of the molecule is C=C(C(=O)O)C(C)O.CCC(=CN(C)C)C(=O)O. The molecule has 6 nitrogen and oxygen atoms in total. The second kappa shape index (κ2) is 9.23. The number of carboxylic acids is 2. The average Bonchev–Trinajstić information content (AvgIpc) is 2.24. The van der Waals surface area contributed by atoms with E-state index >= 15 is 0 Å². The van der Waals surface area contributed by atoms with E-state index in [9.17, 15) is 9.59 Å². The molecule has 0 saturated carbocycles. The second-order valence-electron chi connectivity index (χ2n) is 3.78. The third kappa shape index (κ3) is 9.41. The van der Waals surface area contributed by atoms with Gasteiger partial charge >= 0.3 is 11.9 Å². The third-order valence-electron chi connectivity index (χ3n) is 1.85. The summed E-state index contributed by atoms with van der Waals surface area (Å²) in [7, 11) is 3.61. The van der Waals surface area contributed by atoms with E-state index in [2.05, 4.69) is 6.58 Å². The van der Waals surface area contributed by atoms with Crippen LogP contribution in [0.15, 0.2) is 23.9 Å². The molecule has 0 aromatic heterocycles. The number of carbonyl (C=O) groups is 2. The van der Waals surface area contributed by atoms with Crippen molar-refractivity contribution < 1.29 is 24.9 Å². The van der Waals surface area contributed by atoms with Crippen LogP contribution < -0.4 is 0 Å². The van der Waals surface area contributed by atoms with Gasteiger partial charge in [0.15, 0.2) is 0 Å². The number of aliphatic hydroxyl groups is 1. The van der Waals surface area contributed by atoms with Gasteiger partial charge in [-0.15, -0.1) is 0 Å². The highest BCUT2D eigenvalue weighted by atomic mass is 16.4. The zero-order valence-electron chi connectivity index (χ0n) is 11.2. The number of rotatable bonds is 5. The molecule has 0 bridgehead atoms. The first-order valence-corrected chi connectivity index (χ1v) is 5.34. The Kier molecular flexibility index (Phi) is 9.51. The first kappa shape index (κ1) is 18.5. The van der Waals surface area contributed by atoms with Crippen LogP contribution in [0, 0.1) is 0 Å². The Labute approximate surface area is 107 Å². The molecule has 0 aliphatic carbocycles. The topological polar surface area (TPSA) is 98.1 Å². The Morgan fingerprint density at radius 1 is 1.28 bits per heavy atom. The van der Waals surface area contributed by atoms with Crippen molar-refractivity contribution in [1.29, 1.82) is 0 Å². The predicted molar refractivity (Wildman–Crippen MR) is 68.2 cm³/mol. The number of carboxylic acid groups (broad SMARTS) is 2. The predicted octanol–water partition coefficient (Wildman–Crippen LogP) is 0.934. The van der Waals surface area contributed by atoms with Crippen LogP contribution in [0.5, 0.6) is 0 Å². The van der Waals surface area contributed by atoms with Crippen LogP contribution in [0.2, 0.25) is 0 Å². The lowest BCUT2D eigenvalue weighted by Gasteiger charge is -2.05. The van der Waals surface area contributed by atoms with Gasteiger partial charge in [0.25, 0.3) is 0 Å². The molecule has 1 unspecified atom stereocenters. The molecule has 0 aromatic carbocycles. The lowest BCUT2D eigenvalue weighted by molar-refractivity contribution is -0.134. The minimum absolute atomic E-state index is 0.176. The van der Waals surface area contributed by atoms with Gasteiger partial charge in [-0.25, -0.2) is 9.59 Å². The zero-order chi connectivity index (χ0) is 14.9. The largest absolute Gasteiger partial charge is 0.478 e. The van der Waals surface area contributed by atoms with Crippen molar-refractivity contribution in [2.24, 2.45) is 0 Å². The summed E-state index contributed by atoms with van der Waals surface area (Å²) in [5.41, 5.74) is 0.259. The van der Waals surface area contributed by atoms with E-state index in [0.29, 0.717) is 12.0 Å². The highest BCUT2D eigenvalue weighted by Gasteiger charge is 2.08. The maximum absolute atomic E-state index is 10.4. The molecule has 6 heteroatoms. The fourth-order valence-electron chi connectivity index (χ4n) is 0.788. The molecule has 3 N–H and O–H groups in total. The first-order chi connectivity index (χ1) is 8.13. The van der Waals surface area contributed by atoms with Crippen molar-refractivity contribution in [3.63, 3.8) is 0 Å². The maximum atomic E-state index is 10.4. The molecule has 104 valence electrons. The van der Waals surface area contributed by atoms with E-state index in [4.69, 9.17) is 15.3 Å². The number of aliphatic carboxylic acids is 2. The van der Waals surface area contributed by atoms with Crippen LogP contribution in [0.1, 0.15) is 20.3 Å². The minimum Gasteiger partial charge on any atom is -0.478 e. The molecular formula is C12H21NO5. The Morgan fingerprint density at radius 3 is 1.78 bits per heavy atom. The third-order valence-corrected chi connectivity index (χ3v) is 1.85. The Balaban J connectivity index is 0. The molecule has 0 rings (SSSR count). The molecule has 0 radical (unpaired) electrons. The second-order valence-corrected chi connectivity index (χ2v) is 3.78. The maximum Gasteiger partial charge on any atom is 0.333 e. The molecule has 0 fully saturated rings. The highest BCUT2D eigenvalue weighted by Crippen LogP contribution is 2.00. The molecular weight excluding hydrogens is 238 g/mol. The smallest absolute Gasteiger partial charge is 0.333 e. The minimum atomic E-state index is -1.15. The standard InChI is InChI=1S/C7H13NO2.C5H8O3/c1-4-6(7(9)10)5-8(2)3;1-3(4(2)6)5(7)8/h5H,4H2,1-3H3,(H,9,10);4,6H,1H2,2H3,(H,7,8). The number of hydrogen-bond donors (Lipinski definition) is 3. The van der Waals surface area contributed by atoms with Crippen molar-refractivity contribution >= 4 is 11.9 Å². The van der Waals surface area contributed by atoms with E-state index in [1.165, 1.54) is 6.92 Å². The lowest BCUT2D eigenvalue weighted by atomic mass is 10.2. The summed E-state index contributed by atoms with van der Waals surface area (Å²) in [5.74, 6) is -1.99. The van der Waals surface area contributed by atoms with Crippen LogP contribution in [-0.2, 0) is 9.59 Å². The van der Waals surface area contributed by atoms with Crippen LogP contribution in [0.3, 0.4) is 0 Å². The van der Waals surface area contributed by atoms with E-state index < -0.39 is 18.0 Å². The Morgan fingerprint density at radius 2 is 1.72 bits per heavy atom. The molecule has 0 aromatic rings. The molecule has 0 heterocycles. The number of nitrogens with zero attached hydrogens (tertiary/aromatic N) is 1. The summed E-state index contributed by atoms with van der Waals surface area (Å²) in [6.07, 6.45) is 1.23. The summed E-state index contributed by atoms with van der Waals surface area (Å²) >= 11 is 0. The van der Waals surface area contributed by atoms with Crippen LogP contribution in [0.4, 0.5) is 0 Å². The Hall–Kier alpha value is -1.82. The summed E-state index contributed by atoms with van der Waals surface area (Å²) in [4.78, 5) is 22.0. The van der Waals surface area contributed by atoms with Gasteiger partial charge < -0.3 is 20.2 Å². The van der Waals surface area contributed by atoms with Crippen LogP contribution in [0.25, 0.3) is 0 Å². The van der Waals surface area contributed by atoms with Crippen molar-refractivity contribution in [1.82, 2.24) is 4.90 Å². The fraction of sp³-hybridized carbons (Fsp3) is 0.500. The summed E-state index contributed by atoms with van der Waals surface area (Å²) < 4.78 is 0. The van der Waals surface area contributed by atoms with Crippen LogP contribution >= 0.6 is 0 Å². The van der Waals surface area contributed by atoms with Gasteiger partial charge in [0.1, 0.15) is 0 Å². The van der Waals surface area contributed by atoms with Crippen molar-refractivity contribution in [2.45, 2.75) is 26.4 Å². The normalized spacial score (nSPS) is 11.9. The molecule has 0 spiro atoms. The summed E-state index contributed by atoms with van der Waals surface area (Å²) in [6.45, 7) is 6.28. The van der Waals surface area contributed by atoms with E-state index in [1.54, 1.807) is 25.2 Å². The van der Waals surface area contributed by atoms with Gasteiger partial charge in [0.2, 0.25) is 0 Å². The molecule has 0 aliphatic heterocycles. The highest BCUT2D eigenvalue weighted by molar-refractivity contribution is 5.86. The number of hydrogen-bond acceptors (Lipinski definition) is 4. The first-order valence-electron chi connectivity index (χ1n) is 5.34. The van der Waals surface area contributed by atoms with Gasteiger partial charge in [-0.05, 0) is 13.3 Å². The monoisotopic (exact) mass is 259 g/mol. The summed E-state index contributed by atoms with van der Waals surface area (Å²) in [6, 6.07) is 0. The fourth-order valence-corrected chi connectivity index (χ4v) is 0.788. The molecule has 0 saturated heterocycles. The van der Waals surface area contributed by atoms with Gasteiger partial charge in [-0.3, -0.25) is 0 Å². The quantitative estimate of drug-likeness (QED) is 0.635. The van der Waals surface area contributed by atoms with Gasteiger partial charge in [-0.2, -0.15) is 0 Å². The van der Waals surface area contributed by atoms with Gasteiger partial charge in [-0.1, -0.05) is 13.5 Å². The van der Waals surface area contributed by atoms with Crippen molar-refractivity contribution in [2.75, 3.05) is 14.1 Å². The van der Waals surface area contributed by atoms with Gasteiger partial charge in [0, 0.05) is 20.3 Å². The van der Waals surface area contributed by atoms with E-state index in [-0.39, 0.29) is 5.57 Å². The molecule has 18 heavy (non-hydrogen) atoms. The van der Waals surface area contributed by atoms with E-state index in [0.717, 1.165) is 0 Å². The van der Waals surface area contributed by atoms with Crippen LogP contribution in [-0.4, -0.2) is 52.4 Å².